The smallest absolute Gasteiger partial charge is 0.411 e. The van der Waals surface area contributed by atoms with E-state index in [-0.39, 0.29) is 28.8 Å². The lowest BCUT2D eigenvalue weighted by Crippen LogP contribution is -2.37. The number of aromatic nitrogens is 1. The molecule has 26 heavy (non-hydrogen) atoms. The van der Waals surface area contributed by atoms with Gasteiger partial charge in [0.25, 0.3) is 0 Å². The van der Waals surface area contributed by atoms with E-state index in [4.69, 9.17) is 23.2 Å². The summed E-state index contributed by atoms with van der Waals surface area (Å²) in [6, 6.07) is 3.10. The molecule has 0 fully saturated rings. The number of rotatable bonds is 4. The number of benzene rings is 1. The first-order valence-electron chi connectivity index (χ1n) is 7.55. The molecule has 2 rings (SSSR count). The van der Waals surface area contributed by atoms with Crippen molar-refractivity contribution in [3.63, 3.8) is 0 Å². The van der Waals surface area contributed by atoms with E-state index in [1.165, 1.54) is 12.3 Å². The van der Waals surface area contributed by atoms with Crippen molar-refractivity contribution in [3.8, 4) is 0 Å². The van der Waals surface area contributed by atoms with Gasteiger partial charge in [-0.15, -0.1) is 0 Å². The third-order valence-corrected chi connectivity index (χ3v) is 3.75. The number of halogens is 4. The quantitative estimate of drug-likeness (QED) is 0.662. The molecule has 0 aliphatic carbocycles. The van der Waals surface area contributed by atoms with Crippen LogP contribution in [-0.2, 0) is 0 Å². The van der Waals surface area contributed by atoms with E-state index >= 15 is 0 Å². The van der Waals surface area contributed by atoms with Crippen LogP contribution in [0.1, 0.15) is 20.8 Å². The molecular weight excluding hydrogens is 387 g/mol. The Morgan fingerprint density at radius 1 is 1.23 bits per heavy atom. The summed E-state index contributed by atoms with van der Waals surface area (Å²) >= 11 is 11.8. The third kappa shape index (κ3) is 4.95. The van der Waals surface area contributed by atoms with Gasteiger partial charge in [-0.05, 0) is 11.5 Å². The second-order valence-corrected chi connectivity index (χ2v) is 7.67. The van der Waals surface area contributed by atoms with Gasteiger partial charge in [0.15, 0.2) is 11.6 Å². The van der Waals surface area contributed by atoms with Crippen LogP contribution in [0.2, 0.25) is 10.0 Å². The number of nitrogens with zero attached hydrogens (tertiary/aromatic N) is 2. The zero-order valence-corrected chi connectivity index (χ0v) is 15.8. The van der Waals surface area contributed by atoms with Gasteiger partial charge in [0.1, 0.15) is 5.82 Å². The SMILES string of the molecule is CC(C)(C)CN(C(=O)O)c1cc(F)c(F)cc1Nc1ncc(Cl)cc1Cl. The number of hydrogen-bond donors (Lipinski definition) is 2. The molecule has 140 valence electrons. The van der Waals surface area contributed by atoms with Gasteiger partial charge in [-0.2, -0.15) is 0 Å². The number of carboxylic acid groups (broad SMARTS) is 1. The van der Waals surface area contributed by atoms with Gasteiger partial charge in [0.05, 0.1) is 21.4 Å². The van der Waals surface area contributed by atoms with Crippen LogP contribution >= 0.6 is 23.2 Å². The fourth-order valence-corrected chi connectivity index (χ4v) is 2.65. The zero-order chi connectivity index (χ0) is 19.6. The number of carbonyl (C=O) groups is 1. The first-order chi connectivity index (χ1) is 12.0. The molecule has 9 heteroatoms. The lowest BCUT2D eigenvalue weighted by Gasteiger charge is -2.29. The van der Waals surface area contributed by atoms with Crippen molar-refractivity contribution < 1.29 is 18.7 Å². The molecule has 1 amide bonds. The Balaban J connectivity index is 2.54. The van der Waals surface area contributed by atoms with Crippen molar-refractivity contribution in [1.82, 2.24) is 4.98 Å². The standard InChI is InChI=1S/C17H17Cl2F2N3O2/c1-17(2,3)8-24(16(25)26)14-6-12(21)11(20)5-13(14)23-15-10(19)4-9(18)7-22-15/h4-7H,8H2,1-3H3,(H,22,23)(H,25,26). The summed E-state index contributed by atoms with van der Waals surface area (Å²) in [5.74, 6) is -2.17. The largest absolute Gasteiger partial charge is 0.465 e. The Hall–Kier alpha value is -2.12. The topological polar surface area (TPSA) is 65.5 Å². The summed E-state index contributed by atoms with van der Waals surface area (Å²) in [5.41, 5.74) is -0.470. The number of pyridine rings is 1. The van der Waals surface area contributed by atoms with E-state index in [0.717, 1.165) is 17.0 Å². The lowest BCUT2D eigenvalue weighted by molar-refractivity contribution is 0.198. The van der Waals surface area contributed by atoms with E-state index in [0.29, 0.717) is 5.02 Å². The minimum Gasteiger partial charge on any atom is -0.465 e. The normalized spacial score (nSPS) is 11.3. The minimum atomic E-state index is -1.30. The Morgan fingerprint density at radius 3 is 2.38 bits per heavy atom. The van der Waals surface area contributed by atoms with E-state index < -0.39 is 23.1 Å². The van der Waals surface area contributed by atoms with E-state index in [9.17, 15) is 18.7 Å². The van der Waals surface area contributed by atoms with Crippen LogP contribution in [0.3, 0.4) is 0 Å². The molecule has 1 aromatic heterocycles. The number of amides is 1. The Bertz CT molecular complexity index is 841. The van der Waals surface area contributed by atoms with Crippen LogP contribution in [0.5, 0.6) is 0 Å². The average molecular weight is 404 g/mol. The number of anilines is 3. The molecule has 0 radical (unpaired) electrons. The van der Waals surface area contributed by atoms with E-state index in [1.54, 1.807) is 0 Å². The van der Waals surface area contributed by atoms with Crippen molar-refractivity contribution in [1.29, 1.82) is 0 Å². The summed E-state index contributed by atoms with van der Waals surface area (Å²) in [5, 5.41) is 12.7. The Morgan fingerprint density at radius 2 is 1.85 bits per heavy atom. The molecular formula is C17H17Cl2F2N3O2. The second kappa shape index (κ2) is 7.63. The maximum Gasteiger partial charge on any atom is 0.411 e. The van der Waals surface area contributed by atoms with E-state index in [2.05, 4.69) is 10.3 Å². The van der Waals surface area contributed by atoms with Crippen molar-refractivity contribution in [3.05, 3.63) is 46.1 Å². The molecule has 2 aromatic rings. The molecule has 0 saturated heterocycles. The maximum absolute atomic E-state index is 13.8. The summed E-state index contributed by atoms with van der Waals surface area (Å²) in [6.07, 6.45) is 0.0172. The van der Waals surface area contributed by atoms with Crippen molar-refractivity contribution in [2.45, 2.75) is 20.8 Å². The Labute approximate surface area is 159 Å². The maximum atomic E-state index is 13.8. The van der Waals surface area contributed by atoms with Gasteiger partial charge in [-0.25, -0.2) is 18.6 Å². The van der Waals surface area contributed by atoms with Gasteiger partial charge >= 0.3 is 6.09 Å². The molecule has 0 saturated carbocycles. The highest BCUT2D eigenvalue weighted by atomic mass is 35.5. The fourth-order valence-electron chi connectivity index (χ4n) is 2.22. The molecule has 1 heterocycles. The fraction of sp³-hybridized carbons (Fsp3) is 0.294. The molecule has 0 unspecified atom stereocenters. The monoisotopic (exact) mass is 403 g/mol. The molecule has 0 bridgehead atoms. The van der Waals surface area contributed by atoms with Gasteiger partial charge in [0, 0.05) is 24.9 Å². The second-order valence-electron chi connectivity index (χ2n) is 6.82. The highest BCUT2D eigenvalue weighted by molar-refractivity contribution is 6.36. The van der Waals surface area contributed by atoms with Crippen molar-refractivity contribution in [2.75, 3.05) is 16.8 Å². The van der Waals surface area contributed by atoms with Gasteiger partial charge in [-0.3, -0.25) is 4.90 Å². The Kier molecular flexibility index (Phi) is 5.93. The zero-order valence-electron chi connectivity index (χ0n) is 14.3. The molecule has 2 N–H and O–H groups in total. The highest BCUT2D eigenvalue weighted by Crippen LogP contribution is 2.35. The third-order valence-electron chi connectivity index (χ3n) is 3.25. The predicted molar refractivity (Wildman–Crippen MR) is 98.7 cm³/mol. The van der Waals surface area contributed by atoms with Crippen molar-refractivity contribution in [2.24, 2.45) is 5.41 Å². The number of hydrogen-bond acceptors (Lipinski definition) is 3. The van der Waals surface area contributed by atoms with Gasteiger partial charge in [-0.1, -0.05) is 44.0 Å². The van der Waals surface area contributed by atoms with Crippen LogP contribution in [0.25, 0.3) is 0 Å². The van der Waals surface area contributed by atoms with E-state index in [1.807, 2.05) is 20.8 Å². The molecule has 5 nitrogen and oxygen atoms in total. The van der Waals surface area contributed by atoms with Gasteiger partial charge < -0.3 is 10.4 Å². The molecule has 0 aliphatic heterocycles. The van der Waals surface area contributed by atoms with Gasteiger partial charge in [0.2, 0.25) is 0 Å². The minimum absolute atomic E-state index is 0.00673. The van der Waals surface area contributed by atoms with Crippen LogP contribution in [0.4, 0.5) is 30.8 Å². The van der Waals surface area contributed by atoms with Crippen molar-refractivity contribution >= 4 is 46.5 Å². The first-order valence-corrected chi connectivity index (χ1v) is 8.31. The molecule has 0 spiro atoms. The molecule has 0 atom stereocenters. The predicted octanol–water partition coefficient (Wildman–Crippen LogP) is 5.94. The van der Waals surface area contributed by atoms with Crippen LogP contribution < -0.4 is 10.2 Å². The van der Waals surface area contributed by atoms with Crippen LogP contribution in [0.15, 0.2) is 24.4 Å². The highest BCUT2D eigenvalue weighted by Gasteiger charge is 2.26. The average Bonchev–Trinajstić information content (AvgIpc) is 2.50. The van der Waals surface area contributed by atoms with Crippen LogP contribution in [0, 0.1) is 17.0 Å². The lowest BCUT2D eigenvalue weighted by atomic mass is 9.96. The summed E-state index contributed by atoms with van der Waals surface area (Å²) in [7, 11) is 0. The summed E-state index contributed by atoms with van der Waals surface area (Å²) in [6.45, 7) is 5.54. The number of nitrogens with one attached hydrogen (secondary N) is 1. The first kappa shape index (κ1) is 20.2. The molecule has 0 aliphatic rings. The summed E-state index contributed by atoms with van der Waals surface area (Å²) in [4.78, 5) is 16.6. The van der Waals surface area contributed by atoms with Crippen LogP contribution in [-0.4, -0.2) is 22.7 Å². The molecule has 1 aromatic carbocycles. The summed E-state index contributed by atoms with van der Waals surface area (Å²) < 4.78 is 27.6.